The number of aliphatic hydroxyl groups is 1. The third-order valence-corrected chi connectivity index (χ3v) is 6.77. The van der Waals surface area contributed by atoms with Gasteiger partial charge in [0.2, 0.25) is 5.78 Å². The number of aliphatic hydroxyl groups excluding tert-OH is 1. The molecule has 0 saturated heterocycles. The lowest BCUT2D eigenvalue weighted by Gasteiger charge is -2.15. The van der Waals surface area contributed by atoms with Crippen LogP contribution in [-0.4, -0.2) is 33.5 Å². The van der Waals surface area contributed by atoms with Crippen LogP contribution < -0.4 is 5.32 Å². The molecule has 2 aromatic heterocycles. The topological polar surface area (TPSA) is 75.1 Å². The van der Waals surface area contributed by atoms with Gasteiger partial charge in [0, 0.05) is 18.8 Å². The van der Waals surface area contributed by atoms with E-state index in [4.69, 9.17) is 0 Å². The first-order valence-corrected chi connectivity index (χ1v) is 11.1. The van der Waals surface area contributed by atoms with Crippen molar-refractivity contribution in [2.45, 2.75) is 57.4 Å². The SMILES string of the molecule is O=C(c1cc(CC2=CCCCC2)cs1)c1cncnc1NC1CCC(CO)C1. The highest BCUT2D eigenvalue weighted by atomic mass is 32.1. The summed E-state index contributed by atoms with van der Waals surface area (Å²) in [5.74, 6) is 0.926. The molecule has 2 aliphatic carbocycles. The summed E-state index contributed by atoms with van der Waals surface area (Å²) in [4.78, 5) is 22.3. The molecule has 1 fully saturated rings. The number of hydrogen-bond acceptors (Lipinski definition) is 6. The van der Waals surface area contributed by atoms with Gasteiger partial charge in [-0.1, -0.05) is 11.6 Å². The lowest BCUT2D eigenvalue weighted by molar-refractivity contribution is 0.104. The number of allylic oxidation sites excluding steroid dienone is 2. The number of ketones is 1. The zero-order valence-electron chi connectivity index (χ0n) is 16.1. The maximum Gasteiger partial charge on any atom is 0.208 e. The van der Waals surface area contributed by atoms with Gasteiger partial charge in [-0.25, -0.2) is 9.97 Å². The van der Waals surface area contributed by atoms with Gasteiger partial charge in [0.25, 0.3) is 0 Å². The summed E-state index contributed by atoms with van der Waals surface area (Å²) in [7, 11) is 0. The van der Waals surface area contributed by atoms with Gasteiger partial charge in [0.15, 0.2) is 0 Å². The third kappa shape index (κ3) is 4.50. The predicted octanol–water partition coefficient (Wildman–Crippen LogP) is 4.38. The second-order valence-electron chi connectivity index (χ2n) is 7.92. The van der Waals surface area contributed by atoms with E-state index < -0.39 is 0 Å². The van der Waals surface area contributed by atoms with Gasteiger partial charge >= 0.3 is 0 Å². The summed E-state index contributed by atoms with van der Waals surface area (Å²) in [6, 6.07) is 2.27. The molecule has 28 heavy (non-hydrogen) atoms. The molecule has 5 nitrogen and oxygen atoms in total. The molecule has 2 heterocycles. The fourth-order valence-electron chi connectivity index (χ4n) is 4.22. The average molecular weight is 398 g/mol. The largest absolute Gasteiger partial charge is 0.396 e. The Balaban J connectivity index is 1.47. The standard InChI is InChI=1S/C22H27N3O2S/c26-12-16-6-7-18(9-16)25-22-19(11-23-14-24-22)21(27)20-10-17(13-28-20)8-15-4-2-1-3-5-15/h4,10-11,13-14,16,18,26H,1-3,5-9,12H2,(H,23,24,25). The first-order valence-electron chi connectivity index (χ1n) is 10.2. The molecule has 4 rings (SSSR count). The molecule has 0 radical (unpaired) electrons. The van der Waals surface area contributed by atoms with Crippen molar-refractivity contribution in [1.29, 1.82) is 0 Å². The average Bonchev–Trinajstić information content (AvgIpc) is 3.38. The quantitative estimate of drug-likeness (QED) is 0.535. The van der Waals surface area contributed by atoms with E-state index in [-0.39, 0.29) is 18.4 Å². The third-order valence-electron chi connectivity index (χ3n) is 5.79. The van der Waals surface area contributed by atoms with Crippen molar-refractivity contribution in [3.05, 3.63) is 51.6 Å². The summed E-state index contributed by atoms with van der Waals surface area (Å²) in [5.41, 5.74) is 3.24. The van der Waals surface area contributed by atoms with Crippen molar-refractivity contribution in [2.75, 3.05) is 11.9 Å². The second-order valence-corrected chi connectivity index (χ2v) is 8.83. The van der Waals surface area contributed by atoms with Crippen molar-refractivity contribution in [1.82, 2.24) is 9.97 Å². The molecule has 0 amide bonds. The fraction of sp³-hybridized carbons (Fsp3) is 0.500. The monoisotopic (exact) mass is 397 g/mol. The number of aromatic nitrogens is 2. The van der Waals surface area contributed by atoms with Gasteiger partial charge in [0.05, 0.1) is 10.4 Å². The van der Waals surface area contributed by atoms with Crippen molar-refractivity contribution in [3.8, 4) is 0 Å². The van der Waals surface area contributed by atoms with E-state index in [1.54, 1.807) is 6.20 Å². The van der Waals surface area contributed by atoms with Crippen LogP contribution in [0.4, 0.5) is 5.82 Å². The molecule has 6 heteroatoms. The van der Waals surface area contributed by atoms with Crippen LogP contribution in [0.25, 0.3) is 0 Å². The Morgan fingerprint density at radius 1 is 1.32 bits per heavy atom. The number of anilines is 1. The number of rotatable bonds is 7. The minimum atomic E-state index is -0.0197. The number of thiophene rings is 1. The minimum Gasteiger partial charge on any atom is -0.396 e. The Morgan fingerprint density at radius 2 is 2.25 bits per heavy atom. The first-order chi connectivity index (χ1) is 13.7. The summed E-state index contributed by atoms with van der Waals surface area (Å²) < 4.78 is 0. The van der Waals surface area contributed by atoms with Crippen molar-refractivity contribution < 1.29 is 9.90 Å². The van der Waals surface area contributed by atoms with Crippen LogP contribution in [0.3, 0.4) is 0 Å². The minimum absolute atomic E-state index is 0.0197. The predicted molar refractivity (Wildman–Crippen MR) is 112 cm³/mol. The molecule has 2 N–H and O–H groups in total. The molecule has 0 spiro atoms. The Bertz CT molecular complexity index is 861. The molecule has 2 aromatic rings. The van der Waals surface area contributed by atoms with Crippen LogP contribution in [0.5, 0.6) is 0 Å². The zero-order valence-corrected chi connectivity index (χ0v) is 16.9. The number of hydrogen-bond donors (Lipinski definition) is 2. The molecule has 0 aliphatic heterocycles. The lowest BCUT2D eigenvalue weighted by Crippen LogP contribution is -2.19. The second kappa shape index (κ2) is 8.97. The van der Waals surface area contributed by atoms with E-state index >= 15 is 0 Å². The van der Waals surface area contributed by atoms with Crippen LogP contribution in [0.1, 0.15) is 65.7 Å². The van der Waals surface area contributed by atoms with Crippen LogP contribution in [-0.2, 0) is 6.42 Å². The summed E-state index contributed by atoms with van der Waals surface area (Å²) in [5, 5.41) is 14.9. The number of nitrogens with zero attached hydrogens (tertiary/aromatic N) is 2. The summed E-state index contributed by atoms with van der Waals surface area (Å²) in [6.45, 7) is 0.224. The number of carbonyl (C=O) groups is 1. The highest BCUT2D eigenvalue weighted by Crippen LogP contribution is 2.30. The maximum absolute atomic E-state index is 13.1. The Kier molecular flexibility index (Phi) is 6.17. The Morgan fingerprint density at radius 3 is 3.04 bits per heavy atom. The highest BCUT2D eigenvalue weighted by molar-refractivity contribution is 7.12. The number of carbonyl (C=O) groups excluding carboxylic acids is 1. The van der Waals surface area contributed by atoms with Crippen molar-refractivity contribution >= 4 is 22.9 Å². The molecule has 2 atom stereocenters. The molecule has 2 aliphatic rings. The smallest absolute Gasteiger partial charge is 0.208 e. The van der Waals surface area contributed by atoms with Crippen LogP contribution >= 0.6 is 11.3 Å². The number of nitrogens with one attached hydrogen (secondary N) is 1. The first kappa shape index (κ1) is 19.3. The summed E-state index contributed by atoms with van der Waals surface area (Å²) >= 11 is 1.50. The van der Waals surface area contributed by atoms with E-state index in [9.17, 15) is 9.90 Å². The van der Waals surface area contributed by atoms with Gasteiger partial charge in [0.1, 0.15) is 12.1 Å². The normalized spacial score (nSPS) is 22.1. The Labute approximate surface area is 169 Å². The highest BCUT2D eigenvalue weighted by Gasteiger charge is 2.26. The van der Waals surface area contributed by atoms with Gasteiger partial charge in [-0.2, -0.15) is 0 Å². The fourth-order valence-corrected chi connectivity index (χ4v) is 5.09. The molecular formula is C22H27N3O2S. The summed E-state index contributed by atoms with van der Waals surface area (Å²) in [6.07, 6.45) is 14.2. The molecular weight excluding hydrogens is 370 g/mol. The van der Waals surface area contributed by atoms with E-state index in [1.807, 2.05) is 6.07 Å². The zero-order chi connectivity index (χ0) is 19.3. The van der Waals surface area contributed by atoms with Crippen LogP contribution in [0.15, 0.2) is 35.6 Å². The van der Waals surface area contributed by atoms with Gasteiger partial charge < -0.3 is 10.4 Å². The maximum atomic E-state index is 13.1. The van der Waals surface area contributed by atoms with Crippen LogP contribution in [0.2, 0.25) is 0 Å². The molecule has 0 bridgehead atoms. The van der Waals surface area contributed by atoms with Crippen molar-refractivity contribution in [3.63, 3.8) is 0 Å². The van der Waals surface area contributed by atoms with E-state index in [1.165, 1.54) is 54.5 Å². The molecule has 2 unspecified atom stereocenters. The molecule has 148 valence electrons. The lowest BCUT2D eigenvalue weighted by atomic mass is 9.95. The van der Waals surface area contributed by atoms with E-state index in [2.05, 4.69) is 26.7 Å². The van der Waals surface area contributed by atoms with Gasteiger partial charge in [-0.05, 0) is 74.3 Å². The van der Waals surface area contributed by atoms with E-state index in [0.29, 0.717) is 17.3 Å². The van der Waals surface area contributed by atoms with Crippen molar-refractivity contribution in [2.24, 2.45) is 5.92 Å². The Hall–Kier alpha value is -2.05. The van der Waals surface area contributed by atoms with Crippen LogP contribution in [0, 0.1) is 5.92 Å². The van der Waals surface area contributed by atoms with Gasteiger partial charge in [-0.15, -0.1) is 11.3 Å². The molecule has 1 saturated carbocycles. The molecule has 0 aromatic carbocycles. The van der Waals surface area contributed by atoms with E-state index in [0.717, 1.165) is 30.6 Å². The van der Waals surface area contributed by atoms with Gasteiger partial charge in [-0.3, -0.25) is 4.79 Å².